The van der Waals surface area contributed by atoms with Crippen molar-refractivity contribution in [2.45, 2.75) is 13.3 Å². The molecule has 19 heavy (non-hydrogen) atoms. The van der Waals surface area contributed by atoms with Crippen LogP contribution < -0.4 is 0 Å². The summed E-state index contributed by atoms with van der Waals surface area (Å²) in [5.74, 6) is -1.05. The third-order valence-electron chi connectivity index (χ3n) is 2.52. The van der Waals surface area contributed by atoms with Crippen molar-refractivity contribution >= 4 is 45.6 Å². The zero-order chi connectivity index (χ0) is 13.6. The summed E-state index contributed by atoms with van der Waals surface area (Å²) < 4.78 is 32.5. The molecule has 106 valence electrons. The van der Waals surface area contributed by atoms with Gasteiger partial charge in [-0.25, -0.2) is 4.79 Å². The third-order valence-corrected chi connectivity index (χ3v) is 3.72. The SMILES string of the molecule is C=C(C)C(=O)OS(=O)(=O)CCCN1CCOCC1.[NaH]. The fourth-order valence-corrected chi connectivity index (χ4v) is 2.46. The molecule has 8 heteroatoms. The zero-order valence-corrected chi connectivity index (χ0v) is 11.4. The number of ether oxygens (including phenoxy) is 1. The van der Waals surface area contributed by atoms with Gasteiger partial charge in [-0.05, 0) is 19.9 Å². The van der Waals surface area contributed by atoms with Crippen molar-refractivity contribution < 1.29 is 22.1 Å². The predicted molar refractivity (Wildman–Crippen MR) is 73.7 cm³/mol. The molecule has 0 unspecified atom stereocenters. The van der Waals surface area contributed by atoms with Crippen LogP contribution in [0.25, 0.3) is 0 Å². The van der Waals surface area contributed by atoms with Gasteiger partial charge >= 0.3 is 45.6 Å². The molecule has 0 aromatic carbocycles. The van der Waals surface area contributed by atoms with Crippen molar-refractivity contribution in [3.05, 3.63) is 12.2 Å². The zero-order valence-electron chi connectivity index (χ0n) is 10.6. The Morgan fingerprint density at radius 3 is 2.47 bits per heavy atom. The van der Waals surface area contributed by atoms with Gasteiger partial charge in [0, 0.05) is 18.7 Å². The molecule has 0 radical (unpaired) electrons. The molecule has 0 bridgehead atoms. The fourth-order valence-electron chi connectivity index (χ4n) is 1.52. The van der Waals surface area contributed by atoms with Gasteiger partial charge in [0.2, 0.25) is 0 Å². The van der Waals surface area contributed by atoms with E-state index >= 15 is 0 Å². The Kier molecular flexibility index (Phi) is 9.13. The quantitative estimate of drug-likeness (QED) is 0.374. The van der Waals surface area contributed by atoms with Gasteiger partial charge in [0.25, 0.3) is 0 Å². The van der Waals surface area contributed by atoms with Gasteiger partial charge in [-0.2, -0.15) is 8.42 Å². The van der Waals surface area contributed by atoms with Crippen molar-refractivity contribution in [1.82, 2.24) is 4.90 Å². The van der Waals surface area contributed by atoms with Crippen molar-refractivity contribution in [2.75, 3.05) is 38.6 Å². The van der Waals surface area contributed by atoms with E-state index in [0.29, 0.717) is 26.2 Å². The van der Waals surface area contributed by atoms with Crippen LogP contribution in [-0.2, 0) is 23.8 Å². The van der Waals surface area contributed by atoms with E-state index < -0.39 is 16.1 Å². The first-order valence-electron chi connectivity index (χ1n) is 5.83. The van der Waals surface area contributed by atoms with Gasteiger partial charge in [-0.15, -0.1) is 0 Å². The number of hydrogen-bond donors (Lipinski definition) is 0. The van der Waals surface area contributed by atoms with Gasteiger partial charge in [0.15, 0.2) is 0 Å². The third kappa shape index (κ3) is 8.06. The van der Waals surface area contributed by atoms with Crippen molar-refractivity contribution in [3.8, 4) is 0 Å². The second kappa shape index (κ2) is 9.10. The Balaban J connectivity index is 0.00000324. The van der Waals surface area contributed by atoms with Gasteiger partial charge in [-0.3, -0.25) is 4.90 Å². The summed E-state index contributed by atoms with van der Waals surface area (Å²) in [5.41, 5.74) is 0.0757. The van der Waals surface area contributed by atoms with E-state index in [1.165, 1.54) is 6.92 Å². The molecule has 1 aliphatic rings. The van der Waals surface area contributed by atoms with Gasteiger partial charge in [0.1, 0.15) is 0 Å². The van der Waals surface area contributed by atoms with E-state index in [2.05, 4.69) is 15.7 Å². The first kappa shape index (κ1) is 19.1. The second-order valence-electron chi connectivity index (χ2n) is 4.22. The van der Waals surface area contributed by atoms with Gasteiger partial charge in [-0.1, -0.05) is 6.58 Å². The molecule has 0 atom stereocenters. The Labute approximate surface area is 136 Å². The molecular formula is C11H20NNaO5S. The molecule has 0 aromatic rings. The molecule has 0 amide bonds. The Morgan fingerprint density at radius 2 is 1.95 bits per heavy atom. The Morgan fingerprint density at radius 1 is 1.37 bits per heavy atom. The summed E-state index contributed by atoms with van der Waals surface area (Å²) in [4.78, 5) is 13.2. The fraction of sp³-hybridized carbons (Fsp3) is 0.727. The van der Waals surface area contributed by atoms with Crippen LogP contribution in [0, 0.1) is 0 Å². The number of nitrogens with zero attached hydrogens (tertiary/aromatic N) is 1. The van der Waals surface area contributed by atoms with E-state index in [1.807, 2.05) is 0 Å². The maximum atomic E-state index is 11.5. The molecule has 0 aliphatic carbocycles. The molecule has 6 nitrogen and oxygen atoms in total. The molecule has 1 aliphatic heterocycles. The molecule has 1 rings (SSSR count). The summed E-state index contributed by atoms with van der Waals surface area (Å²) in [5, 5.41) is 0. The summed E-state index contributed by atoms with van der Waals surface area (Å²) in [6.45, 7) is 8.38. The average molecular weight is 301 g/mol. The molecule has 1 heterocycles. The van der Waals surface area contributed by atoms with Crippen LogP contribution in [0.4, 0.5) is 0 Å². The Bertz CT molecular complexity index is 403. The molecule has 0 spiro atoms. The molecule has 0 N–H and O–H groups in total. The van der Waals surface area contributed by atoms with Crippen molar-refractivity contribution in [2.24, 2.45) is 0 Å². The Hall–Kier alpha value is 0.0800. The van der Waals surface area contributed by atoms with E-state index in [9.17, 15) is 13.2 Å². The minimum atomic E-state index is -3.79. The number of rotatable bonds is 6. The summed E-state index contributed by atoms with van der Waals surface area (Å²) >= 11 is 0. The molecule has 0 saturated carbocycles. The normalized spacial score (nSPS) is 16.5. The topological polar surface area (TPSA) is 72.9 Å². The van der Waals surface area contributed by atoms with Gasteiger partial charge < -0.3 is 8.92 Å². The monoisotopic (exact) mass is 301 g/mol. The molecule has 1 fully saturated rings. The van der Waals surface area contributed by atoms with Crippen LogP contribution in [0.2, 0.25) is 0 Å². The minimum absolute atomic E-state index is 0. The summed E-state index contributed by atoms with van der Waals surface area (Å²) in [6, 6.07) is 0. The summed E-state index contributed by atoms with van der Waals surface area (Å²) in [7, 11) is -3.79. The van der Waals surface area contributed by atoms with Crippen LogP contribution >= 0.6 is 0 Å². The first-order valence-corrected chi connectivity index (χ1v) is 7.40. The van der Waals surface area contributed by atoms with E-state index in [4.69, 9.17) is 4.74 Å². The van der Waals surface area contributed by atoms with Crippen LogP contribution in [0.3, 0.4) is 0 Å². The van der Waals surface area contributed by atoms with Crippen molar-refractivity contribution in [3.63, 3.8) is 0 Å². The van der Waals surface area contributed by atoms with Crippen LogP contribution in [0.5, 0.6) is 0 Å². The maximum absolute atomic E-state index is 11.5. The van der Waals surface area contributed by atoms with Crippen LogP contribution in [-0.4, -0.2) is 87.4 Å². The predicted octanol–water partition coefficient (Wildman–Crippen LogP) is -0.491. The number of morpholine rings is 1. The van der Waals surface area contributed by atoms with Crippen LogP contribution in [0.15, 0.2) is 12.2 Å². The average Bonchev–Trinajstić information content (AvgIpc) is 2.29. The van der Waals surface area contributed by atoms with E-state index in [1.54, 1.807) is 0 Å². The summed E-state index contributed by atoms with van der Waals surface area (Å²) in [6.07, 6.45) is 0.436. The molecule has 0 aromatic heterocycles. The molecular weight excluding hydrogens is 281 g/mol. The molecule has 1 saturated heterocycles. The number of carbonyl (C=O) groups is 1. The number of hydrogen-bond acceptors (Lipinski definition) is 6. The van der Waals surface area contributed by atoms with Crippen LogP contribution in [0.1, 0.15) is 13.3 Å². The first-order chi connectivity index (χ1) is 8.41. The number of carbonyl (C=O) groups excluding carboxylic acids is 1. The van der Waals surface area contributed by atoms with Crippen molar-refractivity contribution in [1.29, 1.82) is 0 Å². The second-order valence-corrected chi connectivity index (χ2v) is 5.91. The van der Waals surface area contributed by atoms with E-state index in [0.717, 1.165) is 13.1 Å². The van der Waals surface area contributed by atoms with Gasteiger partial charge in [0.05, 0.1) is 19.0 Å². The standard InChI is InChI=1S/C11H19NO5S.Na.H/c1-10(2)11(13)17-18(14,15)9-3-4-12-5-7-16-8-6-12;;/h1,3-9H2,2H3;;. The van der Waals surface area contributed by atoms with E-state index in [-0.39, 0.29) is 40.9 Å².